The van der Waals surface area contributed by atoms with E-state index in [4.69, 9.17) is 4.42 Å². The Balaban J connectivity index is 1.63. The van der Waals surface area contributed by atoms with E-state index in [0.29, 0.717) is 5.58 Å². The summed E-state index contributed by atoms with van der Waals surface area (Å²) in [4.78, 5) is 13.8. The predicted octanol–water partition coefficient (Wildman–Crippen LogP) is 3.36. The van der Waals surface area contributed by atoms with Crippen molar-refractivity contribution in [1.82, 2.24) is 4.98 Å². The molecule has 4 heteroatoms. The molecule has 1 fully saturated rings. The highest BCUT2D eigenvalue weighted by Gasteiger charge is 2.17. The minimum atomic E-state index is -0.395. The van der Waals surface area contributed by atoms with E-state index in [2.05, 4.69) is 17.2 Å². The highest BCUT2D eigenvalue weighted by Crippen LogP contribution is 2.28. The number of hydrogen-bond acceptors (Lipinski definition) is 3. The van der Waals surface area contributed by atoms with Gasteiger partial charge in [0.25, 0.3) is 0 Å². The van der Waals surface area contributed by atoms with E-state index in [0.717, 1.165) is 29.6 Å². The van der Waals surface area contributed by atoms with Crippen molar-refractivity contribution >= 4 is 16.8 Å². The molecule has 102 valence electrons. The van der Waals surface area contributed by atoms with Gasteiger partial charge >= 0.3 is 5.76 Å². The first kappa shape index (κ1) is 12.3. The third-order valence-electron chi connectivity index (χ3n) is 4.15. The second-order valence-corrected chi connectivity index (χ2v) is 5.73. The van der Waals surface area contributed by atoms with Gasteiger partial charge in [-0.25, -0.2) is 4.79 Å². The molecule has 1 saturated carbocycles. The molecule has 0 radical (unpaired) electrons. The number of oxazole rings is 1. The molecule has 0 saturated heterocycles. The molecule has 0 spiro atoms. The minimum absolute atomic E-state index is 0.395. The average molecular weight is 260 g/mol. The molecule has 2 aromatic rings. The summed E-state index contributed by atoms with van der Waals surface area (Å²) in [6, 6.07) is 5.73. The monoisotopic (exact) mass is 260 g/mol. The number of anilines is 1. The molecule has 0 amide bonds. The standard InChI is InChI=1S/C15H20N2O2/c1-10-2-4-11(5-3-10)9-16-12-6-7-14-13(8-12)17-15(18)19-14/h6-8,10-11,16H,2-5,9H2,1H3,(H,17,18). The van der Waals surface area contributed by atoms with Crippen LogP contribution >= 0.6 is 0 Å². The lowest BCUT2D eigenvalue weighted by molar-refractivity contribution is 0.300. The second kappa shape index (κ2) is 5.11. The van der Waals surface area contributed by atoms with Gasteiger partial charge < -0.3 is 9.73 Å². The van der Waals surface area contributed by atoms with Crippen molar-refractivity contribution in [1.29, 1.82) is 0 Å². The molecule has 0 atom stereocenters. The van der Waals surface area contributed by atoms with Crippen LogP contribution < -0.4 is 11.1 Å². The molecule has 1 heterocycles. The Morgan fingerprint density at radius 2 is 2.11 bits per heavy atom. The van der Waals surface area contributed by atoms with Crippen LogP contribution in [0.25, 0.3) is 11.1 Å². The van der Waals surface area contributed by atoms with Gasteiger partial charge in [-0.15, -0.1) is 0 Å². The molecule has 0 unspecified atom stereocenters. The van der Waals surface area contributed by atoms with Crippen molar-refractivity contribution in [3.05, 3.63) is 28.7 Å². The maximum atomic E-state index is 11.1. The smallest absolute Gasteiger partial charge is 0.408 e. The minimum Gasteiger partial charge on any atom is -0.408 e. The normalized spacial score (nSPS) is 23.6. The number of H-pyrrole nitrogens is 1. The van der Waals surface area contributed by atoms with Crippen LogP contribution in [0.5, 0.6) is 0 Å². The van der Waals surface area contributed by atoms with Gasteiger partial charge in [0.05, 0.1) is 5.52 Å². The number of hydrogen-bond donors (Lipinski definition) is 2. The van der Waals surface area contributed by atoms with Gasteiger partial charge in [-0.3, -0.25) is 4.98 Å². The second-order valence-electron chi connectivity index (χ2n) is 5.73. The topological polar surface area (TPSA) is 58.0 Å². The van der Waals surface area contributed by atoms with Gasteiger partial charge in [-0.1, -0.05) is 19.8 Å². The van der Waals surface area contributed by atoms with E-state index < -0.39 is 5.76 Å². The maximum Gasteiger partial charge on any atom is 0.417 e. The summed E-state index contributed by atoms with van der Waals surface area (Å²) >= 11 is 0. The van der Waals surface area contributed by atoms with E-state index >= 15 is 0 Å². The average Bonchev–Trinajstić information content (AvgIpc) is 2.77. The summed E-state index contributed by atoms with van der Waals surface area (Å²) in [7, 11) is 0. The van der Waals surface area contributed by atoms with Crippen LogP contribution in [0.1, 0.15) is 32.6 Å². The summed E-state index contributed by atoms with van der Waals surface area (Å²) in [6.45, 7) is 3.35. The van der Waals surface area contributed by atoms with Gasteiger partial charge in [-0.2, -0.15) is 0 Å². The van der Waals surface area contributed by atoms with E-state index in [1.807, 2.05) is 18.2 Å². The molecule has 1 aromatic carbocycles. The predicted molar refractivity (Wildman–Crippen MR) is 76.4 cm³/mol. The Hall–Kier alpha value is -1.71. The molecule has 0 bridgehead atoms. The van der Waals surface area contributed by atoms with Crippen LogP contribution in [0.4, 0.5) is 5.69 Å². The fourth-order valence-electron chi connectivity index (χ4n) is 2.86. The fourth-order valence-corrected chi connectivity index (χ4v) is 2.86. The number of aromatic nitrogens is 1. The van der Waals surface area contributed by atoms with Gasteiger partial charge in [0.15, 0.2) is 5.58 Å². The number of fused-ring (bicyclic) bond motifs is 1. The van der Waals surface area contributed by atoms with Crippen LogP contribution in [0.15, 0.2) is 27.4 Å². The van der Waals surface area contributed by atoms with Crippen molar-refractivity contribution in [2.75, 3.05) is 11.9 Å². The summed E-state index contributed by atoms with van der Waals surface area (Å²) in [6.07, 6.45) is 5.33. The van der Waals surface area contributed by atoms with Gasteiger partial charge in [0.1, 0.15) is 0 Å². The molecule has 2 N–H and O–H groups in total. The first-order valence-corrected chi connectivity index (χ1v) is 7.07. The van der Waals surface area contributed by atoms with Gasteiger partial charge in [0.2, 0.25) is 0 Å². The largest absolute Gasteiger partial charge is 0.417 e. The Labute approximate surface area is 112 Å². The highest BCUT2D eigenvalue weighted by molar-refractivity contribution is 5.76. The SMILES string of the molecule is CC1CCC(CNc2ccc3oc(=O)[nH]c3c2)CC1. The summed E-state index contributed by atoms with van der Waals surface area (Å²) in [5.74, 6) is 1.27. The summed E-state index contributed by atoms with van der Waals surface area (Å²) in [5.41, 5.74) is 2.41. The van der Waals surface area contributed by atoms with Crippen molar-refractivity contribution < 1.29 is 4.42 Å². The summed E-state index contributed by atoms with van der Waals surface area (Å²) < 4.78 is 4.99. The number of nitrogens with one attached hydrogen (secondary N) is 2. The number of aromatic amines is 1. The molecule has 4 nitrogen and oxygen atoms in total. The third kappa shape index (κ3) is 2.83. The summed E-state index contributed by atoms with van der Waals surface area (Å²) in [5, 5.41) is 3.47. The first-order chi connectivity index (χ1) is 9.20. The zero-order chi connectivity index (χ0) is 13.2. The van der Waals surface area contributed by atoms with E-state index in [1.54, 1.807) is 0 Å². The van der Waals surface area contributed by atoms with Crippen LogP contribution in [-0.2, 0) is 0 Å². The van der Waals surface area contributed by atoms with Crippen LogP contribution in [0.3, 0.4) is 0 Å². The van der Waals surface area contributed by atoms with Crippen molar-refractivity contribution in [3.63, 3.8) is 0 Å². The molecule has 0 aliphatic heterocycles. The zero-order valence-electron chi connectivity index (χ0n) is 11.2. The molecule has 3 rings (SSSR count). The van der Waals surface area contributed by atoms with Gasteiger partial charge in [-0.05, 0) is 42.9 Å². The van der Waals surface area contributed by atoms with E-state index in [-0.39, 0.29) is 0 Å². The van der Waals surface area contributed by atoms with Crippen molar-refractivity contribution in [2.45, 2.75) is 32.6 Å². The van der Waals surface area contributed by atoms with E-state index in [9.17, 15) is 4.79 Å². The van der Waals surface area contributed by atoms with Crippen LogP contribution in [0.2, 0.25) is 0 Å². The Morgan fingerprint density at radius 1 is 1.32 bits per heavy atom. The Morgan fingerprint density at radius 3 is 2.89 bits per heavy atom. The van der Waals surface area contributed by atoms with Gasteiger partial charge in [0, 0.05) is 12.2 Å². The fraction of sp³-hybridized carbons (Fsp3) is 0.533. The van der Waals surface area contributed by atoms with Crippen LogP contribution in [-0.4, -0.2) is 11.5 Å². The van der Waals surface area contributed by atoms with Crippen molar-refractivity contribution in [3.8, 4) is 0 Å². The third-order valence-corrected chi connectivity index (χ3v) is 4.15. The lowest BCUT2D eigenvalue weighted by atomic mass is 9.83. The molecule has 1 aliphatic carbocycles. The zero-order valence-corrected chi connectivity index (χ0v) is 11.2. The molecule has 19 heavy (non-hydrogen) atoms. The van der Waals surface area contributed by atoms with Crippen LogP contribution in [0, 0.1) is 11.8 Å². The number of benzene rings is 1. The molecular formula is C15H20N2O2. The number of rotatable bonds is 3. The Bertz CT molecular complexity index is 606. The quantitative estimate of drug-likeness (QED) is 0.889. The molecule has 1 aliphatic rings. The van der Waals surface area contributed by atoms with Crippen molar-refractivity contribution in [2.24, 2.45) is 11.8 Å². The molecule has 1 aromatic heterocycles. The lowest BCUT2D eigenvalue weighted by Crippen LogP contribution is -2.20. The Kier molecular flexibility index (Phi) is 3.32. The van der Waals surface area contributed by atoms with E-state index in [1.165, 1.54) is 25.7 Å². The lowest BCUT2D eigenvalue weighted by Gasteiger charge is -2.26. The highest BCUT2D eigenvalue weighted by atomic mass is 16.4. The first-order valence-electron chi connectivity index (χ1n) is 7.07. The molecular weight excluding hydrogens is 240 g/mol. The maximum absolute atomic E-state index is 11.1.